The van der Waals surface area contributed by atoms with Crippen molar-refractivity contribution in [2.24, 2.45) is 0 Å². The van der Waals surface area contributed by atoms with Crippen LogP contribution >= 0.6 is 0 Å². The van der Waals surface area contributed by atoms with E-state index >= 15 is 0 Å². The number of para-hydroxylation sites is 1. The number of carbonyl (C=O) groups is 2. The van der Waals surface area contributed by atoms with E-state index in [9.17, 15) is 28.1 Å². The van der Waals surface area contributed by atoms with Gasteiger partial charge in [0.2, 0.25) is 18.6 Å². The van der Waals surface area contributed by atoms with E-state index in [-0.39, 0.29) is 29.5 Å². The fourth-order valence-corrected chi connectivity index (χ4v) is 6.09. The first-order valence-electron chi connectivity index (χ1n) is 10.8. The van der Waals surface area contributed by atoms with Crippen LogP contribution in [0.3, 0.4) is 0 Å². The quantitative estimate of drug-likeness (QED) is 0.408. The van der Waals surface area contributed by atoms with Crippen LogP contribution in [0.2, 0.25) is 0 Å². The van der Waals surface area contributed by atoms with Crippen LogP contribution < -0.4 is 19.7 Å². The van der Waals surface area contributed by atoms with E-state index in [1.807, 2.05) is 0 Å². The van der Waals surface area contributed by atoms with E-state index in [4.69, 9.17) is 9.47 Å². The van der Waals surface area contributed by atoms with Crippen LogP contribution in [0.1, 0.15) is 17.2 Å². The second kappa shape index (κ2) is 8.96. The summed E-state index contributed by atoms with van der Waals surface area (Å²) >= 11 is 0. The van der Waals surface area contributed by atoms with Gasteiger partial charge in [-0.1, -0.05) is 18.2 Å². The zero-order chi connectivity index (χ0) is 25.4. The number of ether oxygens (including phenoxy) is 2. The standard InChI is InChI=1S/C24H19N3O8S/c28-23(25-16-6-8-17(9-7-16)27(30)31)13-26-18-3-1-2-4-21(18)36(32,33)22(12-24(26)29)15-5-10-19-20(11-15)35-14-34-19/h1-11,22H,12-14H2,(H,25,28). The van der Waals surface area contributed by atoms with Crippen LogP contribution in [0.15, 0.2) is 71.6 Å². The summed E-state index contributed by atoms with van der Waals surface area (Å²) in [6, 6.07) is 16.0. The van der Waals surface area contributed by atoms with Crippen LogP contribution in [0, 0.1) is 10.1 Å². The molecule has 5 rings (SSSR count). The predicted molar refractivity (Wildman–Crippen MR) is 128 cm³/mol. The third kappa shape index (κ3) is 4.22. The molecule has 12 heteroatoms. The van der Waals surface area contributed by atoms with Gasteiger partial charge in [0, 0.05) is 24.2 Å². The average molecular weight is 509 g/mol. The molecule has 36 heavy (non-hydrogen) atoms. The molecular formula is C24H19N3O8S. The maximum atomic E-state index is 13.7. The minimum atomic E-state index is -4.02. The van der Waals surface area contributed by atoms with E-state index in [0.717, 1.165) is 4.90 Å². The molecule has 3 aromatic carbocycles. The van der Waals surface area contributed by atoms with E-state index in [0.29, 0.717) is 22.7 Å². The largest absolute Gasteiger partial charge is 0.454 e. The highest BCUT2D eigenvalue weighted by atomic mass is 32.2. The fourth-order valence-electron chi connectivity index (χ4n) is 4.18. The molecule has 2 heterocycles. The van der Waals surface area contributed by atoms with E-state index in [2.05, 4.69) is 5.32 Å². The number of hydrogen-bond donors (Lipinski definition) is 1. The Balaban J connectivity index is 1.45. The summed E-state index contributed by atoms with van der Waals surface area (Å²) in [6.07, 6.45) is -0.387. The lowest BCUT2D eigenvalue weighted by atomic mass is 10.1. The highest BCUT2D eigenvalue weighted by Gasteiger charge is 2.40. The lowest BCUT2D eigenvalue weighted by Gasteiger charge is -2.21. The first kappa shape index (κ1) is 23.3. The summed E-state index contributed by atoms with van der Waals surface area (Å²) in [5.41, 5.74) is 0.639. The Morgan fingerprint density at radius 2 is 1.78 bits per heavy atom. The van der Waals surface area contributed by atoms with Gasteiger partial charge in [0.1, 0.15) is 6.54 Å². The van der Waals surface area contributed by atoms with Crippen molar-refractivity contribution in [3.05, 3.63) is 82.4 Å². The first-order chi connectivity index (χ1) is 17.2. The zero-order valence-corrected chi connectivity index (χ0v) is 19.4. The van der Waals surface area contributed by atoms with Gasteiger partial charge in [-0.15, -0.1) is 0 Å². The van der Waals surface area contributed by atoms with Crippen LogP contribution in [-0.4, -0.2) is 38.5 Å². The Morgan fingerprint density at radius 1 is 1.06 bits per heavy atom. The maximum absolute atomic E-state index is 13.7. The summed E-state index contributed by atoms with van der Waals surface area (Å²) in [4.78, 5) is 37.5. The zero-order valence-electron chi connectivity index (χ0n) is 18.6. The van der Waals surface area contributed by atoms with Gasteiger partial charge < -0.3 is 19.7 Å². The molecule has 2 aliphatic rings. The Labute approximate surface area is 205 Å². The molecule has 184 valence electrons. The monoisotopic (exact) mass is 509 g/mol. The van der Waals surface area contributed by atoms with Crippen molar-refractivity contribution in [2.45, 2.75) is 16.6 Å². The van der Waals surface area contributed by atoms with E-state index in [1.54, 1.807) is 30.3 Å². The van der Waals surface area contributed by atoms with Crippen LogP contribution in [0.4, 0.5) is 17.1 Å². The lowest BCUT2D eigenvalue weighted by Crippen LogP contribution is -2.38. The predicted octanol–water partition coefficient (Wildman–Crippen LogP) is 3.21. The second-order valence-corrected chi connectivity index (χ2v) is 10.2. The number of hydrogen-bond acceptors (Lipinski definition) is 8. The Kier molecular flexibility index (Phi) is 5.80. The van der Waals surface area contributed by atoms with E-state index in [1.165, 1.54) is 36.4 Å². The van der Waals surface area contributed by atoms with Crippen molar-refractivity contribution in [1.82, 2.24) is 0 Å². The molecule has 1 atom stereocenters. The van der Waals surface area contributed by atoms with Crippen molar-refractivity contribution < 1.29 is 32.4 Å². The Bertz CT molecular complexity index is 1490. The minimum absolute atomic E-state index is 0.0234. The first-order valence-corrected chi connectivity index (χ1v) is 12.4. The van der Waals surface area contributed by atoms with Crippen LogP contribution in [-0.2, 0) is 19.4 Å². The van der Waals surface area contributed by atoms with Gasteiger partial charge in [-0.3, -0.25) is 19.7 Å². The number of nitro groups is 1. The minimum Gasteiger partial charge on any atom is -0.454 e. The molecule has 0 aliphatic carbocycles. The number of nitrogens with zero attached hydrogens (tertiary/aromatic N) is 2. The summed E-state index contributed by atoms with van der Waals surface area (Å²) in [5.74, 6) is -0.260. The number of benzene rings is 3. The highest BCUT2D eigenvalue weighted by molar-refractivity contribution is 7.92. The number of nitrogens with one attached hydrogen (secondary N) is 1. The molecule has 0 radical (unpaired) electrons. The van der Waals surface area contributed by atoms with Gasteiger partial charge >= 0.3 is 0 Å². The van der Waals surface area contributed by atoms with Crippen LogP contribution in [0.25, 0.3) is 0 Å². The molecule has 11 nitrogen and oxygen atoms in total. The van der Waals surface area contributed by atoms with Crippen LogP contribution in [0.5, 0.6) is 11.5 Å². The number of non-ortho nitro benzene ring substituents is 1. The Hall–Kier alpha value is -4.45. The van der Waals surface area contributed by atoms with Gasteiger partial charge in [-0.2, -0.15) is 0 Å². The number of carbonyl (C=O) groups excluding carboxylic acids is 2. The molecule has 2 aliphatic heterocycles. The smallest absolute Gasteiger partial charge is 0.269 e. The van der Waals surface area contributed by atoms with Crippen molar-refractivity contribution >= 4 is 38.7 Å². The molecule has 0 bridgehead atoms. The lowest BCUT2D eigenvalue weighted by molar-refractivity contribution is -0.384. The topological polar surface area (TPSA) is 145 Å². The van der Waals surface area contributed by atoms with Gasteiger partial charge in [0.15, 0.2) is 21.3 Å². The summed E-state index contributed by atoms with van der Waals surface area (Å²) < 4.78 is 38.0. The number of sulfone groups is 1. The van der Waals surface area contributed by atoms with E-state index < -0.39 is 38.4 Å². The molecule has 0 spiro atoms. The number of fused-ring (bicyclic) bond motifs is 2. The third-order valence-corrected chi connectivity index (χ3v) is 8.08. The van der Waals surface area contributed by atoms with Crippen molar-refractivity contribution in [2.75, 3.05) is 23.6 Å². The average Bonchev–Trinajstić information content (AvgIpc) is 3.31. The summed E-state index contributed by atoms with van der Waals surface area (Å²) in [5, 5.41) is 12.2. The SMILES string of the molecule is O=C(CN1C(=O)CC(c2ccc3c(c2)OCO3)S(=O)(=O)c2ccccc21)Nc1ccc([N+](=O)[O-])cc1. The van der Waals surface area contributed by atoms with Crippen molar-refractivity contribution in [3.8, 4) is 11.5 Å². The molecule has 2 amide bonds. The van der Waals surface area contributed by atoms with Gasteiger partial charge in [0.25, 0.3) is 5.69 Å². The molecule has 1 N–H and O–H groups in total. The normalized spacial score (nSPS) is 17.7. The number of anilines is 2. The number of rotatable bonds is 5. The molecule has 3 aromatic rings. The molecule has 0 aromatic heterocycles. The maximum Gasteiger partial charge on any atom is 0.269 e. The summed E-state index contributed by atoms with van der Waals surface area (Å²) in [7, 11) is -4.02. The van der Waals surface area contributed by atoms with Crippen molar-refractivity contribution in [3.63, 3.8) is 0 Å². The second-order valence-electron chi connectivity index (χ2n) is 8.15. The molecular weight excluding hydrogens is 490 g/mol. The van der Waals surface area contributed by atoms with Gasteiger partial charge in [-0.05, 0) is 42.0 Å². The third-order valence-electron chi connectivity index (χ3n) is 5.93. The number of nitro benzene ring substituents is 1. The molecule has 0 fully saturated rings. The fraction of sp³-hybridized carbons (Fsp3) is 0.167. The molecule has 0 saturated carbocycles. The summed E-state index contributed by atoms with van der Waals surface area (Å²) in [6.45, 7) is -0.425. The highest BCUT2D eigenvalue weighted by Crippen LogP contribution is 2.43. The van der Waals surface area contributed by atoms with Gasteiger partial charge in [0.05, 0.1) is 20.8 Å². The number of amides is 2. The van der Waals surface area contributed by atoms with Crippen molar-refractivity contribution in [1.29, 1.82) is 0 Å². The molecule has 1 unspecified atom stereocenters. The molecule has 0 saturated heterocycles. The Morgan fingerprint density at radius 3 is 2.53 bits per heavy atom. The van der Waals surface area contributed by atoms with Gasteiger partial charge in [-0.25, -0.2) is 8.42 Å².